The molecule has 0 saturated carbocycles. The number of rotatable bonds is 3. The van der Waals surface area contributed by atoms with Crippen molar-refractivity contribution in [2.24, 2.45) is 5.73 Å². The molecule has 0 aliphatic rings. The fourth-order valence-corrected chi connectivity index (χ4v) is 1.82. The van der Waals surface area contributed by atoms with Gasteiger partial charge in [-0.1, -0.05) is 17.7 Å². The molecule has 5 N–H and O–H groups in total. The molecule has 2 aromatic rings. The molecule has 0 aromatic heterocycles. The van der Waals surface area contributed by atoms with Gasteiger partial charge < -0.3 is 16.8 Å². The van der Waals surface area contributed by atoms with Crippen molar-refractivity contribution in [1.29, 1.82) is 0 Å². The van der Waals surface area contributed by atoms with Gasteiger partial charge in [0.25, 0.3) is 5.91 Å². The predicted octanol–water partition coefficient (Wildman–Crippen LogP) is 2.90. The Hall–Kier alpha value is -2.27. The predicted molar refractivity (Wildman–Crippen MR) is 74.1 cm³/mol. The van der Waals surface area contributed by atoms with Crippen molar-refractivity contribution in [2.45, 2.75) is 0 Å². The second-order valence-corrected chi connectivity index (χ2v) is 4.30. The van der Waals surface area contributed by atoms with Crippen LogP contribution in [-0.2, 0) is 0 Å². The number of hydrogen-bond acceptors (Lipinski definition) is 3. The lowest BCUT2D eigenvalue weighted by Gasteiger charge is -2.11. The van der Waals surface area contributed by atoms with Gasteiger partial charge in [-0.25, -0.2) is 4.39 Å². The van der Waals surface area contributed by atoms with Crippen LogP contribution < -0.4 is 16.8 Å². The third kappa shape index (κ3) is 2.77. The number of hydrogen-bond donors (Lipinski definition) is 3. The number of anilines is 3. The monoisotopic (exact) mass is 279 g/mol. The highest BCUT2D eigenvalue weighted by Crippen LogP contribution is 2.29. The summed E-state index contributed by atoms with van der Waals surface area (Å²) in [6.07, 6.45) is 0. The van der Waals surface area contributed by atoms with E-state index < -0.39 is 11.7 Å². The SMILES string of the molecule is NC(=O)c1cc(Nc2c(F)cccc2Cl)ccc1N. The van der Waals surface area contributed by atoms with Gasteiger partial charge in [-0.15, -0.1) is 0 Å². The number of amides is 1. The molecule has 4 nitrogen and oxygen atoms in total. The second-order valence-electron chi connectivity index (χ2n) is 3.89. The van der Waals surface area contributed by atoms with Crippen molar-refractivity contribution in [3.63, 3.8) is 0 Å². The van der Waals surface area contributed by atoms with E-state index >= 15 is 0 Å². The van der Waals surface area contributed by atoms with Crippen molar-refractivity contribution < 1.29 is 9.18 Å². The molecule has 2 rings (SSSR count). The lowest BCUT2D eigenvalue weighted by Crippen LogP contribution is -2.13. The van der Waals surface area contributed by atoms with Crippen LogP contribution in [0.3, 0.4) is 0 Å². The van der Waals surface area contributed by atoms with Crippen LogP contribution >= 0.6 is 11.6 Å². The molecule has 0 radical (unpaired) electrons. The first-order chi connectivity index (χ1) is 8.99. The Kier molecular flexibility index (Phi) is 3.57. The van der Waals surface area contributed by atoms with Crippen LogP contribution in [-0.4, -0.2) is 5.91 Å². The lowest BCUT2D eigenvalue weighted by atomic mass is 10.1. The molecule has 0 aliphatic heterocycles. The molecule has 0 spiro atoms. The summed E-state index contributed by atoms with van der Waals surface area (Å²) in [4.78, 5) is 11.2. The van der Waals surface area contributed by atoms with Gasteiger partial charge in [0.05, 0.1) is 16.3 Å². The number of carbonyl (C=O) groups excluding carboxylic acids is 1. The number of nitrogens with one attached hydrogen (secondary N) is 1. The van der Waals surface area contributed by atoms with Gasteiger partial charge >= 0.3 is 0 Å². The third-order valence-corrected chi connectivity index (χ3v) is 2.87. The van der Waals surface area contributed by atoms with E-state index in [4.69, 9.17) is 23.1 Å². The molecule has 0 unspecified atom stereocenters. The van der Waals surface area contributed by atoms with Gasteiger partial charge in [0.1, 0.15) is 5.82 Å². The maximum Gasteiger partial charge on any atom is 0.250 e. The maximum absolute atomic E-state index is 13.6. The highest BCUT2D eigenvalue weighted by molar-refractivity contribution is 6.33. The number of carbonyl (C=O) groups is 1. The maximum atomic E-state index is 13.6. The molecule has 0 bridgehead atoms. The summed E-state index contributed by atoms with van der Waals surface area (Å²) in [5.41, 5.74) is 11.8. The van der Waals surface area contributed by atoms with E-state index in [2.05, 4.69) is 5.32 Å². The van der Waals surface area contributed by atoms with E-state index in [0.29, 0.717) is 5.69 Å². The first-order valence-corrected chi connectivity index (χ1v) is 5.77. The van der Waals surface area contributed by atoms with E-state index in [0.717, 1.165) is 0 Å². The summed E-state index contributed by atoms with van der Waals surface area (Å²) in [5.74, 6) is -1.15. The number of halogens is 2. The van der Waals surface area contributed by atoms with Crippen LogP contribution in [0, 0.1) is 5.82 Å². The van der Waals surface area contributed by atoms with Gasteiger partial charge in [0.2, 0.25) is 0 Å². The van der Waals surface area contributed by atoms with Crippen LogP contribution in [0.15, 0.2) is 36.4 Å². The number of para-hydroxylation sites is 1. The van der Waals surface area contributed by atoms with Crippen molar-refractivity contribution in [1.82, 2.24) is 0 Å². The quantitative estimate of drug-likeness (QED) is 0.756. The van der Waals surface area contributed by atoms with Crippen LogP contribution in [0.5, 0.6) is 0 Å². The zero-order valence-corrected chi connectivity index (χ0v) is 10.5. The zero-order valence-electron chi connectivity index (χ0n) is 9.78. The molecular weight excluding hydrogens is 269 g/mol. The Labute approximate surface area is 114 Å². The van der Waals surface area contributed by atoms with E-state index in [1.165, 1.54) is 24.3 Å². The summed E-state index contributed by atoms with van der Waals surface area (Å²) in [6, 6.07) is 8.89. The van der Waals surface area contributed by atoms with Gasteiger partial charge in [-0.05, 0) is 30.3 Å². The minimum atomic E-state index is -0.652. The molecule has 0 heterocycles. The number of nitrogen functional groups attached to an aromatic ring is 1. The Morgan fingerprint density at radius 1 is 1.26 bits per heavy atom. The molecule has 0 saturated heterocycles. The fraction of sp³-hybridized carbons (Fsp3) is 0. The Balaban J connectivity index is 2.39. The van der Waals surface area contributed by atoms with E-state index in [1.54, 1.807) is 12.1 Å². The summed E-state index contributed by atoms with van der Waals surface area (Å²) < 4.78 is 13.6. The van der Waals surface area contributed by atoms with E-state index in [1.807, 2.05) is 0 Å². The van der Waals surface area contributed by atoms with Crippen molar-refractivity contribution in [3.05, 3.63) is 52.8 Å². The smallest absolute Gasteiger partial charge is 0.250 e. The number of nitrogens with two attached hydrogens (primary N) is 2. The summed E-state index contributed by atoms with van der Waals surface area (Å²) in [5, 5.41) is 3.03. The fourth-order valence-electron chi connectivity index (χ4n) is 1.61. The molecule has 19 heavy (non-hydrogen) atoms. The molecule has 2 aromatic carbocycles. The summed E-state index contributed by atoms with van der Waals surface area (Å²) >= 11 is 5.89. The minimum Gasteiger partial charge on any atom is -0.398 e. The molecule has 0 aliphatic carbocycles. The molecule has 0 fully saturated rings. The molecule has 1 amide bonds. The summed E-state index contributed by atoms with van der Waals surface area (Å²) in [7, 11) is 0. The average Bonchev–Trinajstić information content (AvgIpc) is 2.35. The largest absolute Gasteiger partial charge is 0.398 e. The van der Waals surface area contributed by atoms with Gasteiger partial charge in [-0.3, -0.25) is 4.79 Å². The number of benzene rings is 2. The van der Waals surface area contributed by atoms with Gasteiger partial charge in [0.15, 0.2) is 0 Å². The Morgan fingerprint density at radius 3 is 2.63 bits per heavy atom. The first kappa shape index (κ1) is 13.2. The van der Waals surface area contributed by atoms with E-state index in [9.17, 15) is 9.18 Å². The van der Waals surface area contributed by atoms with Crippen LogP contribution in [0.1, 0.15) is 10.4 Å². The molecule has 0 atom stereocenters. The van der Waals surface area contributed by atoms with E-state index in [-0.39, 0.29) is 22.0 Å². The van der Waals surface area contributed by atoms with Gasteiger partial charge in [-0.2, -0.15) is 0 Å². The van der Waals surface area contributed by atoms with Crippen LogP contribution in [0.2, 0.25) is 5.02 Å². The van der Waals surface area contributed by atoms with Crippen LogP contribution in [0.25, 0.3) is 0 Å². The van der Waals surface area contributed by atoms with Crippen molar-refractivity contribution >= 4 is 34.6 Å². The molecule has 98 valence electrons. The third-order valence-electron chi connectivity index (χ3n) is 2.55. The normalized spacial score (nSPS) is 10.2. The Bertz CT molecular complexity index is 626. The standard InChI is InChI=1S/C13H11ClFN3O/c14-9-2-1-3-10(15)12(9)18-7-4-5-11(16)8(6-7)13(17)19/h1-6,18H,16H2,(H2,17,19). The number of primary amides is 1. The Morgan fingerprint density at radius 2 is 2.00 bits per heavy atom. The van der Waals surface area contributed by atoms with Crippen LogP contribution in [0.4, 0.5) is 21.5 Å². The van der Waals surface area contributed by atoms with Crippen molar-refractivity contribution in [2.75, 3.05) is 11.1 Å². The molecule has 6 heteroatoms. The second kappa shape index (κ2) is 5.16. The average molecular weight is 280 g/mol. The first-order valence-electron chi connectivity index (χ1n) is 5.39. The highest BCUT2D eigenvalue weighted by atomic mass is 35.5. The summed E-state index contributed by atoms with van der Waals surface area (Å²) in [6.45, 7) is 0. The topological polar surface area (TPSA) is 81.1 Å². The lowest BCUT2D eigenvalue weighted by molar-refractivity contribution is 0.100. The zero-order chi connectivity index (χ0) is 14.0. The van der Waals surface area contributed by atoms with Gasteiger partial charge in [0, 0.05) is 11.4 Å². The molecular formula is C13H11ClFN3O. The van der Waals surface area contributed by atoms with Crippen molar-refractivity contribution in [3.8, 4) is 0 Å². The highest BCUT2D eigenvalue weighted by Gasteiger charge is 2.10. The minimum absolute atomic E-state index is 0.129.